The molecule has 0 heterocycles. The molecule has 0 spiro atoms. The van der Waals surface area contributed by atoms with Crippen LogP contribution in [0.15, 0.2) is 12.1 Å². The minimum Gasteiger partial charge on any atom is -0.504 e. The number of aliphatic carboxylic acids is 1. The lowest BCUT2D eigenvalue weighted by Crippen LogP contribution is -2.13. The molecule has 1 aliphatic rings. The summed E-state index contributed by atoms with van der Waals surface area (Å²) in [7, 11) is 0. The van der Waals surface area contributed by atoms with Gasteiger partial charge >= 0.3 is 5.97 Å². The first kappa shape index (κ1) is 11.4. The zero-order chi connectivity index (χ0) is 12.6. The fourth-order valence-electron chi connectivity index (χ4n) is 2.00. The van der Waals surface area contributed by atoms with Gasteiger partial charge in [0.05, 0.1) is 12.0 Å². The van der Waals surface area contributed by atoms with Crippen molar-refractivity contribution in [3.05, 3.63) is 29.1 Å². The third-order valence-electron chi connectivity index (χ3n) is 3.14. The van der Waals surface area contributed by atoms with E-state index in [-0.39, 0.29) is 12.0 Å². The number of nitrogens with zero attached hydrogens (tertiary/aromatic N) is 1. The average molecular weight is 235 g/mol. The Bertz CT molecular complexity index is 529. The molecule has 2 rings (SSSR count). The first-order chi connectivity index (χ1) is 7.98. The fraction of sp³-hybridized carbons (Fsp3) is 0.333. The van der Waals surface area contributed by atoms with Crippen molar-refractivity contribution in [2.24, 2.45) is 0 Å². The summed E-state index contributed by atoms with van der Waals surface area (Å²) in [5.74, 6) is -2.51. The highest BCUT2D eigenvalue weighted by Gasteiger charge is 2.46. The largest absolute Gasteiger partial charge is 0.504 e. The van der Waals surface area contributed by atoms with Crippen molar-refractivity contribution in [3.8, 4) is 11.8 Å². The monoisotopic (exact) mass is 235 g/mol. The van der Waals surface area contributed by atoms with Gasteiger partial charge in [-0.05, 0) is 30.5 Å². The van der Waals surface area contributed by atoms with Gasteiger partial charge in [0.25, 0.3) is 0 Å². The second kappa shape index (κ2) is 3.74. The molecule has 88 valence electrons. The topological polar surface area (TPSA) is 81.3 Å². The van der Waals surface area contributed by atoms with E-state index in [1.54, 1.807) is 6.07 Å². The van der Waals surface area contributed by atoms with E-state index < -0.39 is 23.0 Å². The van der Waals surface area contributed by atoms with Gasteiger partial charge in [-0.25, -0.2) is 4.39 Å². The number of carboxylic acids is 1. The summed E-state index contributed by atoms with van der Waals surface area (Å²) in [5.41, 5.74) is -0.241. The zero-order valence-electron chi connectivity index (χ0n) is 8.90. The van der Waals surface area contributed by atoms with Gasteiger partial charge in [0, 0.05) is 5.41 Å². The van der Waals surface area contributed by atoms with Crippen LogP contribution >= 0.6 is 0 Å². The standard InChI is InChI=1S/C12H10FNO3/c13-9-4-8(3-7(6-14)11(9)17)12(1-2-12)5-10(15)16/h3-4,17H,1-2,5H2,(H,15,16). The van der Waals surface area contributed by atoms with Crippen molar-refractivity contribution in [1.29, 1.82) is 5.26 Å². The molecular formula is C12H10FNO3. The summed E-state index contributed by atoms with van der Waals surface area (Å²) in [5, 5.41) is 26.8. The Labute approximate surface area is 96.9 Å². The van der Waals surface area contributed by atoms with Gasteiger partial charge in [0.2, 0.25) is 0 Å². The Morgan fingerprint density at radius 1 is 1.53 bits per heavy atom. The Morgan fingerprint density at radius 3 is 2.65 bits per heavy atom. The summed E-state index contributed by atoms with van der Waals surface area (Å²) in [6.45, 7) is 0. The number of phenolic OH excluding ortho intramolecular Hbond substituents is 1. The number of halogens is 1. The maximum Gasteiger partial charge on any atom is 0.304 e. The third kappa shape index (κ3) is 1.94. The van der Waals surface area contributed by atoms with Crippen LogP contribution in [0.3, 0.4) is 0 Å². The van der Waals surface area contributed by atoms with Gasteiger partial charge in [-0.2, -0.15) is 5.26 Å². The molecule has 2 N–H and O–H groups in total. The number of aromatic hydroxyl groups is 1. The highest BCUT2D eigenvalue weighted by atomic mass is 19.1. The number of hydrogen-bond donors (Lipinski definition) is 2. The van der Waals surface area contributed by atoms with E-state index in [1.807, 2.05) is 0 Å². The lowest BCUT2D eigenvalue weighted by molar-refractivity contribution is -0.137. The molecule has 1 aromatic carbocycles. The minimum atomic E-state index is -0.950. The van der Waals surface area contributed by atoms with Crippen LogP contribution in [0.5, 0.6) is 5.75 Å². The lowest BCUT2D eigenvalue weighted by atomic mass is 9.91. The molecule has 0 bridgehead atoms. The number of carbonyl (C=O) groups is 1. The Hall–Kier alpha value is -2.09. The molecule has 1 aliphatic carbocycles. The Morgan fingerprint density at radius 2 is 2.18 bits per heavy atom. The summed E-state index contributed by atoms with van der Waals surface area (Å²) < 4.78 is 13.4. The van der Waals surface area contributed by atoms with E-state index in [0.29, 0.717) is 18.4 Å². The van der Waals surface area contributed by atoms with Crippen LogP contribution < -0.4 is 0 Å². The maximum atomic E-state index is 13.4. The van der Waals surface area contributed by atoms with Crippen LogP contribution in [0.2, 0.25) is 0 Å². The summed E-state index contributed by atoms with van der Waals surface area (Å²) in [6, 6.07) is 4.18. The molecule has 17 heavy (non-hydrogen) atoms. The lowest BCUT2D eigenvalue weighted by Gasteiger charge is -2.14. The molecule has 0 unspecified atom stereocenters. The van der Waals surface area contributed by atoms with Gasteiger partial charge in [0.1, 0.15) is 6.07 Å². The third-order valence-corrected chi connectivity index (χ3v) is 3.14. The van der Waals surface area contributed by atoms with E-state index >= 15 is 0 Å². The van der Waals surface area contributed by atoms with E-state index in [1.165, 1.54) is 6.07 Å². The molecule has 0 amide bonds. The summed E-state index contributed by atoms with van der Waals surface area (Å²) in [6.07, 6.45) is 1.24. The van der Waals surface area contributed by atoms with Crippen molar-refractivity contribution in [3.63, 3.8) is 0 Å². The molecule has 1 fully saturated rings. The second-order valence-corrected chi connectivity index (χ2v) is 4.32. The SMILES string of the molecule is N#Cc1cc(C2(CC(=O)O)CC2)cc(F)c1O. The predicted molar refractivity (Wildman–Crippen MR) is 55.9 cm³/mol. The van der Waals surface area contributed by atoms with Gasteiger partial charge in [-0.1, -0.05) is 0 Å². The first-order valence-electron chi connectivity index (χ1n) is 5.13. The summed E-state index contributed by atoms with van der Waals surface area (Å²) >= 11 is 0. The quantitative estimate of drug-likeness (QED) is 0.838. The van der Waals surface area contributed by atoms with Crippen LogP contribution in [-0.2, 0) is 10.2 Å². The number of benzene rings is 1. The van der Waals surface area contributed by atoms with Crippen molar-refractivity contribution in [1.82, 2.24) is 0 Å². The van der Waals surface area contributed by atoms with Crippen LogP contribution in [0.25, 0.3) is 0 Å². The summed E-state index contributed by atoms with van der Waals surface area (Å²) in [4.78, 5) is 10.7. The zero-order valence-corrected chi connectivity index (χ0v) is 8.90. The molecule has 4 nitrogen and oxygen atoms in total. The molecule has 0 saturated heterocycles. The highest BCUT2D eigenvalue weighted by molar-refractivity contribution is 5.70. The molecule has 0 aromatic heterocycles. The van der Waals surface area contributed by atoms with E-state index in [4.69, 9.17) is 10.4 Å². The van der Waals surface area contributed by atoms with Crippen LogP contribution in [0.4, 0.5) is 4.39 Å². The number of hydrogen-bond acceptors (Lipinski definition) is 3. The molecule has 1 aromatic rings. The number of carboxylic acid groups (broad SMARTS) is 1. The van der Waals surface area contributed by atoms with Crippen LogP contribution in [-0.4, -0.2) is 16.2 Å². The predicted octanol–water partition coefficient (Wildman–Crippen LogP) is 1.91. The number of phenols is 1. The Kier molecular flexibility index (Phi) is 2.50. The van der Waals surface area contributed by atoms with Gasteiger partial charge in [-0.15, -0.1) is 0 Å². The van der Waals surface area contributed by atoms with E-state index in [9.17, 15) is 14.3 Å². The molecule has 0 aliphatic heterocycles. The number of rotatable bonds is 3. The molecule has 1 saturated carbocycles. The van der Waals surface area contributed by atoms with Gasteiger partial charge < -0.3 is 10.2 Å². The van der Waals surface area contributed by atoms with Crippen molar-refractivity contribution in [2.75, 3.05) is 0 Å². The fourth-order valence-corrected chi connectivity index (χ4v) is 2.00. The van der Waals surface area contributed by atoms with Gasteiger partial charge in [0.15, 0.2) is 11.6 Å². The average Bonchev–Trinajstić information content (AvgIpc) is 3.01. The number of nitriles is 1. The molecule has 0 atom stereocenters. The van der Waals surface area contributed by atoms with Crippen LogP contribution in [0.1, 0.15) is 30.4 Å². The smallest absolute Gasteiger partial charge is 0.304 e. The molecule has 5 heteroatoms. The molecular weight excluding hydrogens is 225 g/mol. The van der Waals surface area contributed by atoms with Gasteiger partial charge in [-0.3, -0.25) is 4.79 Å². The minimum absolute atomic E-state index is 0.0813. The van der Waals surface area contributed by atoms with Crippen molar-refractivity contribution < 1.29 is 19.4 Å². The van der Waals surface area contributed by atoms with E-state index in [2.05, 4.69) is 0 Å². The Balaban J connectivity index is 2.44. The molecule has 0 radical (unpaired) electrons. The van der Waals surface area contributed by atoms with E-state index in [0.717, 1.165) is 6.07 Å². The maximum absolute atomic E-state index is 13.4. The van der Waals surface area contributed by atoms with Crippen LogP contribution in [0, 0.1) is 17.1 Å². The normalized spacial score (nSPS) is 16.2. The first-order valence-corrected chi connectivity index (χ1v) is 5.13. The second-order valence-electron chi connectivity index (χ2n) is 4.32. The van der Waals surface area contributed by atoms with Crippen molar-refractivity contribution in [2.45, 2.75) is 24.7 Å². The highest BCUT2D eigenvalue weighted by Crippen LogP contribution is 2.51. The van der Waals surface area contributed by atoms with Crippen molar-refractivity contribution >= 4 is 5.97 Å².